The number of aromatic nitrogens is 2. The molecule has 1 amide bonds. The van der Waals surface area contributed by atoms with Crippen LogP contribution in [0.15, 0.2) is 42.6 Å². The van der Waals surface area contributed by atoms with Crippen molar-refractivity contribution < 1.29 is 26.7 Å². The zero-order valence-corrected chi connectivity index (χ0v) is 14.0. The Labute approximate surface area is 146 Å². The lowest BCUT2D eigenvalue weighted by molar-refractivity contribution is 0.0977. The maximum Gasteiger partial charge on any atom is 0.267 e. The minimum atomic E-state index is -3.92. The van der Waals surface area contributed by atoms with E-state index in [0.29, 0.717) is 22.9 Å². The molecule has 0 bridgehead atoms. The molecular formula is C16H11F2N3O4S. The van der Waals surface area contributed by atoms with Gasteiger partial charge in [-0.2, -0.15) is 5.10 Å². The molecule has 10 heteroatoms. The first-order chi connectivity index (χ1) is 12.2. The van der Waals surface area contributed by atoms with Crippen molar-refractivity contribution in [3.63, 3.8) is 0 Å². The molecule has 0 unspecified atom stereocenters. The molecule has 0 saturated heterocycles. The van der Waals surface area contributed by atoms with Crippen LogP contribution in [0.25, 0.3) is 10.8 Å². The van der Waals surface area contributed by atoms with Gasteiger partial charge in [-0.15, -0.1) is 5.10 Å². The number of hydrogen-bond donors (Lipinski definition) is 1. The van der Waals surface area contributed by atoms with Gasteiger partial charge in [-0.05, 0) is 12.1 Å². The number of hydrogen-bond acceptors (Lipinski definition) is 6. The van der Waals surface area contributed by atoms with E-state index >= 15 is 0 Å². The van der Waals surface area contributed by atoms with Crippen LogP contribution in [0.3, 0.4) is 0 Å². The van der Waals surface area contributed by atoms with Crippen LogP contribution in [-0.4, -0.2) is 30.8 Å². The van der Waals surface area contributed by atoms with Crippen LogP contribution in [0.5, 0.6) is 11.6 Å². The average Bonchev–Trinajstić information content (AvgIpc) is 2.56. The predicted molar refractivity (Wildman–Crippen MR) is 88.3 cm³/mol. The molecule has 0 aliphatic heterocycles. The Kier molecular flexibility index (Phi) is 4.51. The highest BCUT2D eigenvalue weighted by Gasteiger charge is 2.20. The number of nitrogens with zero attached hydrogens (tertiary/aromatic N) is 2. The minimum Gasteiger partial charge on any atom is -0.434 e. The first kappa shape index (κ1) is 17.7. The molecule has 26 heavy (non-hydrogen) atoms. The monoisotopic (exact) mass is 379 g/mol. The van der Waals surface area contributed by atoms with Crippen molar-refractivity contribution in [2.24, 2.45) is 0 Å². The molecule has 1 N–H and O–H groups in total. The average molecular weight is 379 g/mol. The van der Waals surface area contributed by atoms with Gasteiger partial charge in [-0.3, -0.25) is 4.79 Å². The fraction of sp³-hybridized carbons (Fsp3) is 0.0625. The molecule has 0 aliphatic rings. The molecule has 134 valence electrons. The van der Waals surface area contributed by atoms with Crippen LogP contribution in [0, 0.1) is 11.6 Å². The summed E-state index contributed by atoms with van der Waals surface area (Å²) in [7, 11) is -3.92. The number of amides is 1. The van der Waals surface area contributed by atoms with Crippen LogP contribution in [-0.2, 0) is 10.0 Å². The fourth-order valence-electron chi connectivity index (χ4n) is 2.19. The van der Waals surface area contributed by atoms with Crippen molar-refractivity contribution >= 4 is 26.7 Å². The first-order valence-corrected chi connectivity index (χ1v) is 9.03. The number of carbonyl (C=O) groups is 1. The highest BCUT2D eigenvalue weighted by molar-refractivity contribution is 7.89. The van der Waals surface area contributed by atoms with Crippen LogP contribution in [0.1, 0.15) is 10.4 Å². The van der Waals surface area contributed by atoms with E-state index in [4.69, 9.17) is 4.74 Å². The summed E-state index contributed by atoms with van der Waals surface area (Å²) in [5.41, 5.74) is -0.774. The number of sulfonamides is 1. The lowest BCUT2D eigenvalue weighted by Gasteiger charge is -2.10. The van der Waals surface area contributed by atoms with E-state index in [0.717, 1.165) is 6.26 Å². The van der Waals surface area contributed by atoms with Crippen LogP contribution in [0.4, 0.5) is 8.78 Å². The van der Waals surface area contributed by atoms with E-state index in [1.165, 1.54) is 6.20 Å². The molecular weight excluding hydrogens is 368 g/mol. The van der Waals surface area contributed by atoms with E-state index in [1.54, 1.807) is 29.0 Å². The fourth-order valence-corrected chi connectivity index (χ4v) is 2.63. The van der Waals surface area contributed by atoms with E-state index in [2.05, 4.69) is 10.2 Å². The van der Waals surface area contributed by atoms with Crippen LogP contribution in [0.2, 0.25) is 0 Å². The number of rotatable bonds is 4. The Hall–Kier alpha value is -3.14. The number of halogens is 2. The highest BCUT2D eigenvalue weighted by atomic mass is 32.2. The number of carbonyl (C=O) groups excluding carboxylic acids is 1. The second-order valence-corrected chi connectivity index (χ2v) is 7.05. The van der Waals surface area contributed by atoms with E-state index in [-0.39, 0.29) is 5.88 Å². The standard InChI is InChI=1S/C16H11F2N3O4S/c1-26(23,24)21-15(22)11-6-13(18)14(7-12(11)17)25-16-10-5-3-2-4-9(10)8-19-20-16/h2-8H,1H3,(H,21,22). The largest absolute Gasteiger partial charge is 0.434 e. The molecule has 0 radical (unpaired) electrons. The molecule has 7 nitrogen and oxygen atoms in total. The smallest absolute Gasteiger partial charge is 0.267 e. The normalized spacial score (nSPS) is 11.3. The maximum absolute atomic E-state index is 14.2. The van der Waals surface area contributed by atoms with Gasteiger partial charge in [0.25, 0.3) is 5.91 Å². The summed E-state index contributed by atoms with van der Waals surface area (Å²) in [6.07, 6.45) is 2.20. The number of ether oxygens (including phenoxy) is 1. The van der Waals surface area contributed by atoms with Gasteiger partial charge in [0.1, 0.15) is 5.82 Å². The number of benzene rings is 2. The van der Waals surface area contributed by atoms with Gasteiger partial charge in [0.15, 0.2) is 11.6 Å². The van der Waals surface area contributed by atoms with Crippen molar-refractivity contribution in [2.75, 3.05) is 6.26 Å². The van der Waals surface area contributed by atoms with Crippen molar-refractivity contribution in [3.8, 4) is 11.6 Å². The van der Waals surface area contributed by atoms with Crippen molar-refractivity contribution in [2.45, 2.75) is 0 Å². The Morgan fingerprint density at radius 3 is 2.62 bits per heavy atom. The molecule has 2 aromatic carbocycles. The Morgan fingerprint density at radius 1 is 1.15 bits per heavy atom. The van der Waals surface area contributed by atoms with Gasteiger partial charge >= 0.3 is 0 Å². The molecule has 1 aromatic heterocycles. The van der Waals surface area contributed by atoms with Crippen molar-refractivity contribution in [1.29, 1.82) is 0 Å². The van der Waals surface area contributed by atoms with Gasteiger partial charge in [0.2, 0.25) is 15.9 Å². The molecule has 3 aromatic rings. The summed E-state index contributed by atoms with van der Waals surface area (Å²) in [6, 6.07) is 8.07. The van der Waals surface area contributed by atoms with Crippen LogP contribution < -0.4 is 9.46 Å². The third-order valence-electron chi connectivity index (χ3n) is 3.29. The summed E-state index contributed by atoms with van der Waals surface area (Å²) >= 11 is 0. The lowest BCUT2D eigenvalue weighted by atomic mass is 10.2. The van der Waals surface area contributed by atoms with Gasteiger partial charge in [0, 0.05) is 16.8 Å². The van der Waals surface area contributed by atoms with Crippen LogP contribution >= 0.6 is 0 Å². The molecule has 0 spiro atoms. The SMILES string of the molecule is CS(=O)(=O)NC(=O)c1cc(F)c(Oc2nncc3ccccc23)cc1F. The minimum absolute atomic E-state index is 0.0465. The second kappa shape index (κ2) is 6.64. The predicted octanol–water partition coefficient (Wildman–Crippen LogP) is 2.39. The summed E-state index contributed by atoms with van der Waals surface area (Å²) < 4.78 is 57.3. The van der Waals surface area contributed by atoms with Crippen molar-refractivity contribution in [3.05, 3.63) is 59.8 Å². The zero-order chi connectivity index (χ0) is 18.9. The number of nitrogens with one attached hydrogen (secondary N) is 1. The van der Waals surface area contributed by atoms with Gasteiger partial charge in [-0.1, -0.05) is 18.2 Å². The number of fused-ring (bicyclic) bond motifs is 1. The molecule has 0 saturated carbocycles. The third kappa shape index (κ3) is 3.75. The molecule has 1 heterocycles. The molecule has 0 atom stereocenters. The zero-order valence-electron chi connectivity index (χ0n) is 13.2. The summed E-state index contributed by atoms with van der Waals surface area (Å²) in [4.78, 5) is 11.7. The van der Waals surface area contributed by atoms with Gasteiger partial charge < -0.3 is 4.74 Å². The first-order valence-electron chi connectivity index (χ1n) is 7.14. The summed E-state index contributed by atoms with van der Waals surface area (Å²) in [6.45, 7) is 0. The quantitative estimate of drug-likeness (QED) is 0.747. The molecule has 3 rings (SSSR count). The Balaban J connectivity index is 1.97. The van der Waals surface area contributed by atoms with E-state index < -0.39 is 38.9 Å². The summed E-state index contributed by atoms with van der Waals surface area (Å²) in [5.74, 6) is -4.09. The van der Waals surface area contributed by atoms with Gasteiger partial charge in [-0.25, -0.2) is 21.9 Å². The van der Waals surface area contributed by atoms with E-state index in [1.807, 2.05) is 0 Å². The van der Waals surface area contributed by atoms with Crippen molar-refractivity contribution in [1.82, 2.24) is 14.9 Å². The lowest BCUT2D eigenvalue weighted by Crippen LogP contribution is -2.30. The van der Waals surface area contributed by atoms with Gasteiger partial charge in [0.05, 0.1) is 18.0 Å². The Morgan fingerprint density at radius 2 is 1.88 bits per heavy atom. The molecule has 0 aliphatic carbocycles. The third-order valence-corrected chi connectivity index (χ3v) is 3.84. The second-order valence-electron chi connectivity index (χ2n) is 5.30. The van der Waals surface area contributed by atoms with E-state index in [9.17, 15) is 22.0 Å². The Bertz CT molecular complexity index is 1110. The topological polar surface area (TPSA) is 98.2 Å². The summed E-state index contributed by atoms with van der Waals surface area (Å²) in [5, 5.41) is 8.70. The molecule has 0 fully saturated rings. The maximum atomic E-state index is 14.2. The highest BCUT2D eigenvalue weighted by Crippen LogP contribution is 2.30.